The Hall–Kier alpha value is -6.29. The molecule has 9 rings (SSSR count). The summed E-state index contributed by atoms with van der Waals surface area (Å²) < 4.78 is 0. The maximum Gasteiger partial charge on any atom is 4.00 e. The maximum absolute atomic E-state index is 8.88. The van der Waals surface area contributed by atoms with E-state index in [0.29, 0.717) is 11.1 Å². The van der Waals surface area contributed by atoms with Crippen molar-refractivity contribution in [2.75, 3.05) is 33.7 Å². The molecule has 0 spiro atoms. The standard InChI is InChI=1S/C27H25N8.C14H6N3.Pt/c1-17-10-18(2)23(19(3)11-17)20-12-21(34-15-32(4)24-26(34)30-8-6-28-24)14-22(13-20)35-16-33(5)25-27(35)31-9-7-29-25;15-7-9-1-3-13-11(5-9)12-6-10(8-16)2-4-14(12)17-13;/h6-13,15-16H,1-5H3;1-6H;/q-3;-1;+4. The fraction of sp³-hybridized carbons (Fsp3) is 0.122. The van der Waals surface area contributed by atoms with E-state index >= 15 is 0 Å². The van der Waals surface area contributed by atoms with Crippen LogP contribution in [0.25, 0.3) is 32.9 Å². The van der Waals surface area contributed by atoms with Crippen LogP contribution in [-0.2, 0) is 21.1 Å². The molecular weight excluding hydrogens is 842 g/mol. The van der Waals surface area contributed by atoms with Gasteiger partial charge in [0, 0.05) is 24.8 Å². The van der Waals surface area contributed by atoms with Crippen molar-refractivity contribution in [3.05, 3.63) is 133 Å². The van der Waals surface area contributed by atoms with Gasteiger partial charge in [0.2, 0.25) is 0 Å². The molecule has 7 aromatic rings. The number of rotatable bonds is 3. The molecule has 260 valence electrons. The van der Waals surface area contributed by atoms with Crippen LogP contribution in [0.2, 0.25) is 0 Å². The van der Waals surface area contributed by atoms with E-state index in [0.717, 1.165) is 62.0 Å². The largest absolute Gasteiger partial charge is 4.00 e. The molecule has 0 aliphatic carbocycles. The first-order valence-corrected chi connectivity index (χ1v) is 16.5. The number of benzene rings is 4. The molecule has 0 N–H and O–H groups in total. The molecular formula is C41H31N11Pt. The Balaban J connectivity index is 0.000000203. The van der Waals surface area contributed by atoms with Gasteiger partial charge in [0.05, 0.1) is 23.3 Å². The van der Waals surface area contributed by atoms with Gasteiger partial charge in [-0.05, 0) is 86.6 Å². The third kappa shape index (κ3) is 6.30. The van der Waals surface area contributed by atoms with Gasteiger partial charge in [-0.25, -0.2) is 19.9 Å². The van der Waals surface area contributed by atoms with Crippen LogP contribution in [0.3, 0.4) is 0 Å². The van der Waals surface area contributed by atoms with Crippen LogP contribution < -0.4 is 24.6 Å². The molecule has 0 amide bonds. The number of fused-ring (bicyclic) bond motifs is 5. The van der Waals surface area contributed by atoms with Crippen LogP contribution in [0.1, 0.15) is 27.8 Å². The maximum atomic E-state index is 8.88. The molecule has 0 unspecified atom stereocenters. The van der Waals surface area contributed by atoms with Crippen molar-refractivity contribution in [3.8, 4) is 23.3 Å². The Morgan fingerprint density at radius 3 is 1.49 bits per heavy atom. The van der Waals surface area contributed by atoms with E-state index in [2.05, 4.69) is 88.2 Å². The minimum atomic E-state index is 0. The summed E-state index contributed by atoms with van der Waals surface area (Å²) in [6, 6.07) is 27.4. The van der Waals surface area contributed by atoms with Crippen LogP contribution in [0.15, 0.2) is 85.5 Å². The molecule has 12 heteroatoms. The summed E-state index contributed by atoms with van der Waals surface area (Å²) in [5, 5.41) is 19.6. The molecule has 5 heterocycles. The average molecular weight is 873 g/mol. The molecule has 0 radical (unpaired) electrons. The first-order chi connectivity index (χ1) is 25.2. The van der Waals surface area contributed by atoms with Gasteiger partial charge in [-0.3, -0.25) is 0 Å². The van der Waals surface area contributed by atoms with Gasteiger partial charge in [-0.1, -0.05) is 29.8 Å². The van der Waals surface area contributed by atoms with Gasteiger partial charge < -0.3 is 24.6 Å². The molecule has 0 saturated carbocycles. The molecule has 0 atom stereocenters. The fourth-order valence-corrected chi connectivity index (χ4v) is 6.95. The van der Waals surface area contributed by atoms with E-state index in [9.17, 15) is 0 Å². The van der Waals surface area contributed by atoms with Gasteiger partial charge in [0.1, 0.15) is 23.3 Å². The Labute approximate surface area is 322 Å². The quantitative estimate of drug-likeness (QED) is 0.162. The third-order valence-corrected chi connectivity index (χ3v) is 9.13. The second kappa shape index (κ2) is 14.0. The molecule has 4 aromatic carbocycles. The number of hydrogen-bond acceptors (Lipinski definition) is 10. The topological polar surface area (TPSA) is 126 Å². The molecule has 53 heavy (non-hydrogen) atoms. The molecule has 0 fully saturated rings. The van der Waals surface area contributed by atoms with Crippen LogP contribution >= 0.6 is 0 Å². The summed E-state index contributed by atoms with van der Waals surface area (Å²) in [6.45, 7) is 10.4. The van der Waals surface area contributed by atoms with E-state index in [4.69, 9.17) is 10.5 Å². The number of anilines is 6. The second-order valence-corrected chi connectivity index (χ2v) is 12.8. The number of nitrogens with zero attached hydrogens (tertiary/aromatic N) is 11. The first kappa shape index (κ1) is 35.1. The smallest absolute Gasteiger partial charge is 0.657 e. The zero-order valence-electron chi connectivity index (χ0n) is 29.5. The van der Waals surface area contributed by atoms with Crippen molar-refractivity contribution in [1.82, 2.24) is 24.9 Å². The Kier molecular flexibility index (Phi) is 9.30. The molecule has 2 aliphatic heterocycles. The molecule has 0 saturated heterocycles. The van der Waals surface area contributed by atoms with Crippen LogP contribution in [0.5, 0.6) is 0 Å². The van der Waals surface area contributed by atoms with Crippen molar-refractivity contribution in [3.63, 3.8) is 0 Å². The molecule has 11 nitrogen and oxygen atoms in total. The summed E-state index contributed by atoms with van der Waals surface area (Å²) in [6.07, 6.45) is 6.85. The molecule has 0 bridgehead atoms. The number of aryl methyl sites for hydroxylation is 3. The van der Waals surface area contributed by atoms with Crippen LogP contribution in [0.4, 0.5) is 34.6 Å². The van der Waals surface area contributed by atoms with Crippen molar-refractivity contribution in [1.29, 1.82) is 10.5 Å². The van der Waals surface area contributed by atoms with Crippen molar-refractivity contribution >= 4 is 56.5 Å². The average Bonchev–Trinajstić information content (AvgIpc) is 3.81. The summed E-state index contributed by atoms with van der Waals surface area (Å²) >= 11 is 0. The predicted octanol–water partition coefficient (Wildman–Crippen LogP) is 7.76. The van der Waals surface area contributed by atoms with Crippen molar-refractivity contribution in [2.45, 2.75) is 20.8 Å². The zero-order chi connectivity index (χ0) is 36.1. The SMILES string of the molecule is Cc1cc(C)c(-c2cc(N3[CH-]N(C)c4nccnc43)[c-]c(N3[CH-]N(C)c4nccnc43)c2)c(C)c1.N#Cc1ccc2[n-]c3ccc(C#N)cc3c2c1.[Pt+4]. The van der Waals surface area contributed by atoms with Gasteiger partial charge >= 0.3 is 21.1 Å². The zero-order valence-corrected chi connectivity index (χ0v) is 31.7. The van der Waals surface area contributed by atoms with E-state index in [1.165, 1.54) is 22.3 Å². The first-order valence-electron chi connectivity index (χ1n) is 16.5. The number of aromatic nitrogens is 5. The van der Waals surface area contributed by atoms with Crippen LogP contribution in [0, 0.1) is 62.8 Å². The summed E-state index contributed by atoms with van der Waals surface area (Å²) in [5.41, 5.74) is 10.7. The number of hydrogen-bond donors (Lipinski definition) is 0. The Bertz CT molecular complexity index is 2450. The summed E-state index contributed by atoms with van der Waals surface area (Å²) in [4.78, 5) is 30.7. The monoisotopic (exact) mass is 872 g/mol. The summed E-state index contributed by atoms with van der Waals surface area (Å²) in [5.74, 6) is 3.15. The van der Waals surface area contributed by atoms with Gasteiger partial charge in [0.15, 0.2) is 0 Å². The van der Waals surface area contributed by atoms with E-state index in [1.807, 2.05) is 71.3 Å². The molecule has 3 aromatic heterocycles. The minimum absolute atomic E-state index is 0. The predicted molar refractivity (Wildman–Crippen MR) is 203 cm³/mol. The van der Waals surface area contributed by atoms with E-state index in [1.54, 1.807) is 36.9 Å². The van der Waals surface area contributed by atoms with E-state index in [-0.39, 0.29) is 21.1 Å². The normalized spacial score (nSPS) is 12.9. The van der Waals surface area contributed by atoms with Crippen LogP contribution in [-0.4, -0.2) is 34.0 Å². The van der Waals surface area contributed by atoms with E-state index < -0.39 is 0 Å². The van der Waals surface area contributed by atoms with Gasteiger partial charge in [-0.2, -0.15) is 10.5 Å². The summed E-state index contributed by atoms with van der Waals surface area (Å²) in [7, 11) is 3.95. The minimum Gasteiger partial charge on any atom is -0.657 e. The third-order valence-electron chi connectivity index (χ3n) is 9.13. The van der Waals surface area contributed by atoms with Crippen molar-refractivity contribution in [2.24, 2.45) is 0 Å². The second-order valence-electron chi connectivity index (χ2n) is 12.8. The number of nitriles is 2. The van der Waals surface area contributed by atoms with Crippen molar-refractivity contribution < 1.29 is 21.1 Å². The molecule has 2 aliphatic rings. The Morgan fingerprint density at radius 2 is 1.06 bits per heavy atom. The fourth-order valence-electron chi connectivity index (χ4n) is 6.95. The Morgan fingerprint density at radius 1 is 0.623 bits per heavy atom. The van der Waals surface area contributed by atoms with Gasteiger partial charge in [0.25, 0.3) is 0 Å². The van der Waals surface area contributed by atoms with Gasteiger partial charge in [-0.15, -0.1) is 59.5 Å².